The number of hydrogen-bond acceptors (Lipinski definition) is 8. The van der Waals surface area contributed by atoms with Crippen molar-refractivity contribution in [3.8, 4) is 17.2 Å². The van der Waals surface area contributed by atoms with Crippen LogP contribution in [0.4, 0.5) is 4.79 Å². The number of halogens is 1. The molecule has 0 heterocycles. The van der Waals surface area contributed by atoms with Crippen LogP contribution in [0.25, 0.3) is 0 Å². The molecule has 0 radical (unpaired) electrons. The Morgan fingerprint density at radius 3 is 2.32 bits per heavy atom. The van der Waals surface area contributed by atoms with E-state index in [9.17, 15) is 9.59 Å². The first-order valence-corrected chi connectivity index (χ1v) is 13.6. The predicted octanol–water partition coefficient (Wildman–Crippen LogP) is 5.69. The van der Waals surface area contributed by atoms with Crippen LogP contribution in [0.1, 0.15) is 37.8 Å². The highest BCUT2D eigenvalue weighted by Gasteiger charge is 2.19. The van der Waals surface area contributed by atoms with E-state index in [1.165, 1.54) is 0 Å². The maximum atomic E-state index is 12.9. The molecular weight excluding hydrogens is 550 g/mol. The molecule has 3 N–H and O–H groups in total. The Morgan fingerprint density at radius 2 is 1.63 bits per heavy atom. The van der Waals surface area contributed by atoms with Crippen molar-refractivity contribution >= 4 is 23.6 Å². The highest BCUT2D eigenvalue weighted by molar-refractivity contribution is 6.32. The summed E-state index contributed by atoms with van der Waals surface area (Å²) in [4.78, 5) is 35.0. The van der Waals surface area contributed by atoms with Gasteiger partial charge in [-0.2, -0.15) is 5.48 Å². The Morgan fingerprint density at radius 1 is 0.902 bits per heavy atom. The van der Waals surface area contributed by atoms with Gasteiger partial charge in [0.1, 0.15) is 29.9 Å². The van der Waals surface area contributed by atoms with E-state index in [0.717, 1.165) is 11.1 Å². The summed E-state index contributed by atoms with van der Waals surface area (Å²) < 4.78 is 16.2. The quantitative estimate of drug-likeness (QED) is 0.111. The minimum atomic E-state index is -0.712. The van der Waals surface area contributed by atoms with E-state index in [1.54, 1.807) is 51.3 Å². The summed E-state index contributed by atoms with van der Waals surface area (Å²) in [6.45, 7) is 4.40. The molecule has 11 heteroatoms. The highest BCUT2D eigenvalue weighted by atomic mass is 35.5. The Balaban J connectivity index is 1.44. The fourth-order valence-corrected chi connectivity index (χ4v) is 3.71. The van der Waals surface area contributed by atoms with Gasteiger partial charge in [0.05, 0.1) is 18.2 Å². The summed E-state index contributed by atoms with van der Waals surface area (Å²) in [7, 11) is 1.57. The molecular formula is C30H36ClN3O7. The molecule has 0 bridgehead atoms. The fraction of sp³-hybridized carbons (Fsp3) is 0.333. The fourth-order valence-electron chi connectivity index (χ4n) is 3.50. The molecule has 1 atom stereocenters. The Kier molecular flexibility index (Phi) is 13.2. The van der Waals surface area contributed by atoms with Crippen molar-refractivity contribution in [1.29, 1.82) is 0 Å². The minimum absolute atomic E-state index is 0.183. The highest BCUT2D eigenvalue weighted by Crippen LogP contribution is 2.32. The van der Waals surface area contributed by atoms with Gasteiger partial charge in [-0.3, -0.25) is 4.79 Å². The number of carbonyl (C=O) groups is 2. The van der Waals surface area contributed by atoms with Gasteiger partial charge in [0.2, 0.25) is 5.91 Å². The molecule has 0 fully saturated rings. The third kappa shape index (κ3) is 11.7. The average Bonchev–Trinajstić information content (AvgIpc) is 2.98. The van der Waals surface area contributed by atoms with E-state index in [0.29, 0.717) is 41.7 Å². The number of hydrogen-bond donors (Lipinski definition) is 3. The molecule has 10 nitrogen and oxygen atoms in total. The molecule has 0 aromatic heterocycles. The molecule has 0 saturated heterocycles. The first-order valence-electron chi connectivity index (χ1n) is 13.2. The first-order chi connectivity index (χ1) is 19.8. The zero-order chi connectivity index (χ0) is 29.5. The second kappa shape index (κ2) is 17.1. The first kappa shape index (κ1) is 31.7. The molecule has 0 unspecified atom stereocenters. The zero-order valence-electron chi connectivity index (χ0n) is 23.4. The molecule has 0 spiro atoms. The number of amides is 2. The van der Waals surface area contributed by atoms with Crippen molar-refractivity contribution in [2.24, 2.45) is 0 Å². The summed E-state index contributed by atoms with van der Waals surface area (Å²) >= 11 is 6.25. The number of carbonyl (C=O) groups excluding carboxylic acids is 2. The summed E-state index contributed by atoms with van der Waals surface area (Å²) in [5.41, 5.74) is 4.42. The van der Waals surface area contributed by atoms with E-state index in [-0.39, 0.29) is 25.2 Å². The monoisotopic (exact) mass is 585 g/mol. The van der Waals surface area contributed by atoms with Crippen molar-refractivity contribution in [3.05, 3.63) is 88.9 Å². The van der Waals surface area contributed by atoms with Crippen molar-refractivity contribution in [3.63, 3.8) is 0 Å². The van der Waals surface area contributed by atoms with Crippen LogP contribution in [0, 0.1) is 0 Å². The lowest BCUT2D eigenvalue weighted by molar-refractivity contribution is -0.360. The number of alkyl carbamates (subject to hydrolysis) is 1. The van der Waals surface area contributed by atoms with Crippen LogP contribution < -0.4 is 25.6 Å². The van der Waals surface area contributed by atoms with Crippen LogP contribution >= 0.6 is 11.6 Å². The number of ether oxygens (including phenoxy) is 3. The molecule has 0 aliphatic heterocycles. The smallest absolute Gasteiger partial charge is 0.407 e. The second-order valence-corrected chi connectivity index (χ2v) is 9.70. The van der Waals surface area contributed by atoms with E-state index in [1.807, 2.05) is 42.5 Å². The van der Waals surface area contributed by atoms with Gasteiger partial charge in [-0.15, -0.1) is 4.99 Å². The SMILES string of the molecule is COc1ccc(Oc2ccc(CNC(=O)[C@H](CCCNC(=O)OCc3ccccc3)NOOC(C)C)cc2)c(Cl)c1. The second-order valence-electron chi connectivity index (χ2n) is 9.29. The normalized spacial score (nSPS) is 11.5. The Bertz CT molecular complexity index is 1230. The van der Waals surface area contributed by atoms with Gasteiger partial charge in [0.15, 0.2) is 0 Å². The molecule has 0 aliphatic rings. The Labute approximate surface area is 245 Å². The van der Waals surface area contributed by atoms with Gasteiger partial charge >= 0.3 is 6.09 Å². The summed E-state index contributed by atoms with van der Waals surface area (Å²) in [6, 6.07) is 21.1. The number of benzene rings is 3. The topological polar surface area (TPSA) is 116 Å². The van der Waals surface area contributed by atoms with E-state index < -0.39 is 12.1 Å². The van der Waals surface area contributed by atoms with Crippen LogP contribution in [0.2, 0.25) is 5.02 Å². The van der Waals surface area contributed by atoms with Gasteiger partial charge in [0, 0.05) is 19.2 Å². The van der Waals surface area contributed by atoms with Gasteiger partial charge < -0.3 is 24.8 Å². The molecule has 3 rings (SSSR count). The van der Waals surface area contributed by atoms with Crippen molar-refractivity contribution in [1.82, 2.24) is 16.1 Å². The van der Waals surface area contributed by atoms with E-state index >= 15 is 0 Å². The minimum Gasteiger partial charge on any atom is -0.497 e. The number of rotatable bonds is 16. The van der Waals surface area contributed by atoms with Gasteiger partial charge in [-0.1, -0.05) is 54.1 Å². The number of nitrogens with one attached hydrogen (secondary N) is 3. The van der Waals surface area contributed by atoms with Gasteiger partial charge in [-0.25, -0.2) is 9.68 Å². The predicted molar refractivity (Wildman–Crippen MR) is 154 cm³/mol. The lowest BCUT2D eigenvalue weighted by Crippen LogP contribution is -2.44. The lowest BCUT2D eigenvalue weighted by atomic mass is 10.1. The Hall–Kier alpha value is -3.83. The lowest BCUT2D eigenvalue weighted by Gasteiger charge is -2.18. The average molecular weight is 586 g/mol. The van der Waals surface area contributed by atoms with E-state index in [2.05, 4.69) is 16.1 Å². The largest absolute Gasteiger partial charge is 0.497 e. The van der Waals surface area contributed by atoms with Crippen molar-refractivity contribution < 1.29 is 33.7 Å². The molecule has 0 saturated carbocycles. The third-order valence-electron chi connectivity index (χ3n) is 5.66. The standard InChI is InChI=1S/C30H36ClN3O7/c1-21(2)40-41-34-27(10-7-17-32-30(36)38-20-23-8-5-4-6-9-23)29(35)33-19-22-11-13-24(14-12-22)39-28-16-15-25(37-3)18-26(28)31/h4-6,8-9,11-16,18,21,27,34H,7,10,17,19-20H2,1-3H3,(H,32,36)(H,33,35)/t27-/m0/s1. The third-order valence-corrected chi connectivity index (χ3v) is 5.95. The maximum Gasteiger partial charge on any atom is 0.407 e. The summed E-state index contributed by atoms with van der Waals surface area (Å²) in [6.07, 6.45) is 0.155. The van der Waals surface area contributed by atoms with Crippen molar-refractivity contribution in [2.45, 2.75) is 52.0 Å². The molecule has 0 aliphatic carbocycles. The van der Waals surface area contributed by atoms with Crippen molar-refractivity contribution in [2.75, 3.05) is 13.7 Å². The van der Waals surface area contributed by atoms with Crippen LogP contribution in [-0.2, 0) is 32.6 Å². The van der Waals surface area contributed by atoms with E-state index in [4.69, 9.17) is 35.7 Å². The number of hydroxylamine groups is 1. The zero-order valence-corrected chi connectivity index (χ0v) is 24.1. The van der Waals surface area contributed by atoms with Crippen LogP contribution in [0.3, 0.4) is 0 Å². The molecule has 3 aromatic carbocycles. The van der Waals surface area contributed by atoms with Crippen LogP contribution in [0.15, 0.2) is 72.8 Å². The molecule has 41 heavy (non-hydrogen) atoms. The number of methoxy groups -OCH3 is 1. The summed E-state index contributed by atoms with van der Waals surface area (Å²) in [5.74, 6) is 1.46. The molecule has 3 aromatic rings. The van der Waals surface area contributed by atoms with Gasteiger partial charge in [-0.05, 0) is 62.1 Å². The summed E-state index contributed by atoms with van der Waals surface area (Å²) in [5, 5.41) is 6.02. The molecule has 220 valence electrons. The molecule has 2 amide bonds. The van der Waals surface area contributed by atoms with Gasteiger partial charge in [0.25, 0.3) is 0 Å². The van der Waals surface area contributed by atoms with Crippen LogP contribution in [-0.4, -0.2) is 37.8 Å². The van der Waals surface area contributed by atoms with Crippen LogP contribution in [0.5, 0.6) is 17.2 Å². The maximum absolute atomic E-state index is 12.9.